The highest BCUT2D eigenvalue weighted by atomic mass is 16.2. The molecule has 3 heteroatoms. The average Bonchev–Trinajstić information content (AvgIpc) is 3.61. The Hall–Kier alpha value is -1.61. The first-order chi connectivity index (χ1) is 15.1. The topological polar surface area (TPSA) is 55.1 Å². The van der Waals surface area contributed by atoms with E-state index in [0.717, 1.165) is 44.6 Å². The Balaban J connectivity index is 1.28. The average molecular weight is 419 g/mol. The Labute approximate surface area is 187 Å². The van der Waals surface area contributed by atoms with Crippen molar-refractivity contribution >= 4 is 5.91 Å². The molecule has 31 heavy (non-hydrogen) atoms. The zero-order chi connectivity index (χ0) is 21.1. The monoisotopic (exact) mass is 418 g/mol. The number of hydrogen-bond acceptors (Lipinski definition) is 2. The minimum absolute atomic E-state index is 0.159. The molecule has 6 saturated carbocycles. The molecule has 0 radical (unpaired) electrons. The van der Waals surface area contributed by atoms with Crippen LogP contribution < -0.4 is 11.1 Å². The first kappa shape index (κ1) is 20.0. The summed E-state index contributed by atoms with van der Waals surface area (Å²) in [4.78, 5) is 13.9. The van der Waals surface area contributed by atoms with E-state index in [-0.39, 0.29) is 10.8 Å². The van der Waals surface area contributed by atoms with Crippen molar-refractivity contribution in [3.05, 3.63) is 47.5 Å². The fourth-order valence-electron chi connectivity index (χ4n) is 8.02. The Kier molecular flexibility index (Phi) is 4.83. The summed E-state index contributed by atoms with van der Waals surface area (Å²) in [5.74, 6) is 3.09. The van der Waals surface area contributed by atoms with Crippen LogP contribution in [0, 0.1) is 29.1 Å². The SMILES string of the molecule is NCC1CCC(NC(=O)C23CC4CC(c5ccccc5)(CC(C2)C4=CC2CC2)C3)CC1. The molecule has 0 heterocycles. The molecule has 3 N–H and O–H groups in total. The van der Waals surface area contributed by atoms with E-state index in [4.69, 9.17) is 5.73 Å². The van der Waals surface area contributed by atoms with E-state index < -0.39 is 0 Å². The van der Waals surface area contributed by atoms with Gasteiger partial charge in [-0.25, -0.2) is 0 Å². The number of nitrogens with two attached hydrogens (primary N) is 1. The van der Waals surface area contributed by atoms with Crippen molar-refractivity contribution in [2.24, 2.45) is 34.8 Å². The molecule has 2 atom stereocenters. The summed E-state index contributed by atoms with van der Waals surface area (Å²) in [5.41, 5.74) is 9.14. The number of carbonyl (C=O) groups excluding carboxylic acids is 1. The van der Waals surface area contributed by atoms with Gasteiger partial charge in [0, 0.05) is 6.04 Å². The van der Waals surface area contributed by atoms with E-state index in [2.05, 4.69) is 41.7 Å². The van der Waals surface area contributed by atoms with Gasteiger partial charge >= 0.3 is 0 Å². The van der Waals surface area contributed by atoms with E-state index in [1.54, 1.807) is 5.57 Å². The van der Waals surface area contributed by atoms with E-state index in [1.165, 1.54) is 44.1 Å². The molecule has 6 aliphatic rings. The largest absolute Gasteiger partial charge is 0.353 e. The van der Waals surface area contributed by atoms with Gasteiger partial charge in [0.15, 0.2) is 0 Å². The summed E-state index contributed by atoms with van der Waals surface area (Å²) in [6.45, 7) is 0.795. The first-order valence-corrected chi connectivity index (χ1v) is 12.9. The van der Waals surface area contributed by atoms with Gasteiger partial charge in [0.1, 0.15) is 0 Å². The Morgan fingerprint density at radius 2 is 1.65 bits per heavy atom. The van der Waals surface area contributed by atoms with Gasteiger partial charge < -0.3 is 11.1 Å². The van der Waals surface area contributed by atoms with Gasteiger partial charge in [-0.15, -0.1) is 0 Å². The van der Waals surface area contributed by atoms with Crippen LogP contribution in [0.25, 0.3) is 0 Å². The van der Waals surface area contributed by atoms with Crippen LogP contribution in [-0.2, 0) is 10.2 Å². The Morgan fingerprint density at radius 1 is 0.968 bits per heavy atom. The van der Waals surface area contributed by atoms with Crippen molar-refractivity contribution in [3.63, 3.8) is 0 Å². The number of hydrogen-bond donors (Lipinski definition) is 2. The lowest BCUT2D eigenvalue weighted by molar-refractivity contribution is -0.145. The number of allylic oxidation sites excluding steroid dienone is 2. The third-order valence-corrected chi connectivity index (χ3v) is 9.60. The van der Waals surface area contributed by atoms with Crippen LogP contribution in [0.2, 0.25) is 0 Å². The maximum Gasteiger partial charge on any atom is 0.226 e. The van der Waals surface area contributed by atoms with Gasteiger partial charge in [-0.1, -0.05) is 42.0 Å². The van der Waals surface area contributed by atoms with E-state index in [1.807, 2.05) is 0 Å². The molecule has 6 fully saturated rings. The van der Waals surface area contributed by atoms with E-state index in [9.17, 15) is 4.79 Å². The number of rotatable bonds is 5. The molecule has 4 bridgehead atoms. The van der Waals surface area contributed by atoms with Crippen molar-refractivity contribution in [1.82, 2.24) is 5.32 Å². The smallest absolute Gasteiger partial charge is 0.226 e. The highest BCUT2D eigenvalue weighted by Gasteiger charge is 2.62. The maximum atomic E-state index is 13.9. The maximum absolute atomic E-state index is 13.9. The molecule has 0 saturated heterocycles. The molecular weight excluding hydrogens is 380 g/mol. The van der Waals surface area contributed by atoms with Crippen LogP contribution in [0.1, 0.15) is 76.2 Å². The normalized spacial score (nSPS) is 41.3. The van der Waals surface area contributed by atoms with E-state index >= 15 is 0 Å². The van der Waals surface area contributed by atoms with Gasteiger partial charge in [0.05, 0.1) is 5.41 Å². The number of nitrogens with one attached hydrogen (secondary N) is 1. The van der Waals surface area contributed by atoms with Crippen LogP contribution >= 0.6 is 0 Å². The van der Waals surface area contributed by atoms with Crippen molar-refractivity contribution < 1.29 is 4.79 Å². The summed E-state index contributed by atoms with van der Waals surface area (Å²) in [6, 6.07) is 11.5. The summed E-state index contributed by atoms with van der Waals surface area (Å²) >= 11 is 0. The molecule has 6 aliphatic carbocycles. The Morgan fingerprint density at radius 3 is 2.26 bits per heavy atom. The second-order valence-corrected chi connectivity index (χ2v) is 11.7. The van der Waals surface area contributed by atoms with Crippen molar-refractivity contribution in [2.45, 2.75) is 82.1 Å². The van der Waals surface area contributed by atoms with Gasteiger partial charge in [-0.05, 0) is 112 Å². The first-order valence-electron chi connectivity index (χ1n) is 12.9. The zero-order valence-corrected chi connectivity index (χ0v) is 18.8. The summed E-state index contributed by atoms with van der Waals surface area (Å²) in [7, 11) is 0. The number of carbonyl (C=O) groups is 1. The van der Waals surface area contributed by atoms with Gasteiger partial charge in [0.2, 0.25) is 5.91 Å². The van der Waals surface area contributed by atoms with Crippen LogP contribution in [-0.4, -0.2) is 18.5 Å². The minimum Gasteiger partial charge on any atom is -0.353 e. The minimum atomic E-state index is -0.159. The summed E-state index contributed by atoms with van der Waals surface area (Å²) in [6.07, 6.45) is 15.7. The zero-order valence-electron chi connectivity index (χ0n) is 18.8. The molecule has 2 unspecified atom stereocenters. The molecule has 7 rings (SSSR count). The Bertz CT molecular complexity index is 844. The predicted octanol–water partition coefficient (Wildman–Crippen LogP) is 5.10. The third-order valence-electron chi connectivity index (χ3n) is 9.60. The highest BCUT2D eigenvalue weighted by molar-refractivity contribution is 5.84. The molecular formula is C28H38N2O. The number of benzene rings is 1. The van der Waals surface area contributed by atoms with Crippen LogP contribution in [0.4, 0.5) is 0 Å². The molecule has 166 valence electrons. The molecule has 0 spiro atoms. The van der Waals surface area contributed by atoms with Crippen LogP contribution in [0.5, 0.6) is 0 Å². The lowest BCUT2D eigenvalue weighted by Gasteiger charge is -2.62. The van der Waals surface area contributed by atoms with Crippen LogP contribution in [0.15, 0.2) is 42.0 Å². The third kappa shape index (κ3) is 3.48. The summed E-state index contributed by atoms with van der Waals surface area (Å²) in [5, 5.41) is 3.56. The second kappa shape index (κ2) is 7.47. The molecule has 0 aliphatic heterocycles. The summed E-state index contributed by atoms with van der Waals surface area (Å²) < 4.78 is 0. The lowest BCUT2D eigenvalue weighted by Crippen LogP contribution is -2.60. The van der Waals surface area contributed by atoms with E-state index in [0.29, 0.717) is 29.7 Å². The van der Waals surface area contributed by atoms with Crippen molar-refractivity contribution in [2.75, 3.05) is 6.54 Å². The molecule has 0 aromatic heterocycles. The fourth-order valence-corrected chi connectivity index (χ4v) is 8.02. The van der Waals surface area contributed by atoms with Crippen LogP contribution in [0.3, 0.4) is 0 Å². The fraction of sp³-hybridized carbons (Fsp3) is 0.679. The quantitative estimate of drug-likeness (QED) is 0.653. The molecule has 3 nitrogen and oxygen atoms in total. The lowest BCUT2D eigenvalue weighted by atomic mass is 9.41. The van der Waals surface area contributed by atoms with Crippen molar-refractivity contribution in [1.29, 1.82) is 0 Å². The second-order valence-electron chi connectivity index (χ2n) is 11.7. The molecule has 1 aromatic rings. The molecule has 1 aromatic carbocycles. The van der Waals surface area contributed by atoms with Gasteiger partial charge in [0.25, 0.3) is 0 Å². The predicted molar refractivity (Wildman–Crippen MR) is 124 cm³/mol. The van der Waals surface area contributed by atoms with Gasteiger partial charge in [-0.3, -0.25) is 4.79 Å². The molecule has 1 amide bonds. The van der Waals surface area contributed by atoms with Crippen molar-refractivity contribution in [3.8, 4) is 0 Å². The standard InChI is InChI=1S/C28H38N2O/c29-17-20-8-10-24(11-9-20)30-26(31)28-15-21-13-27(18-28,23-4-2-1-3-5-23)14-22(16-28)25(21)12-19-6-7-19/h1-5,12,19-22,24H,6-11,13-18,29H2,(H,30,31). The van der Waals surface area contributed by atoms with Gasteiger partial charge in [-0.2, -0.15) is 0 Å². The number of amides is 1. The highest BCUT2D eigenvalue weighted by Crippen LogP contribution is 2.67.